The third-order valence-electron chi connectivity index (χ3n) is 3.89. The van der Waals surface area contributed by atoms with E-state index in [2.05, 4.69) is 0 Å². The molecule has 2 rings (SSSR count). The number of hydrogen-bond acceptors (Lipinski definition) is 4. The number of aliphatic hydroxyl groups excluding tert-OH is 1. The average molecular weight is 348 g/mol. The van der Waals surface area contributed by atoms with Gasteiger partial charge in [-0.3, -0.25) is 0 Å². The number of aliphatic hydroxyl groups is 1. The first-order valence-electron chi connectivity index (χ1n) is 8.15. The molecule has 5 heteroatoms. The lowest BCUT2D eigenvalue weighted by atomic mass is 10.1. The molecule has 0 radical (unpaired) electrons. The summed E-state index contributed by atoms with van der Waals surface area (Å²) < 4.78 is 28.6. The minimum Gasteiger partial charge on any atom is -0.489 e. The van der Waals surface area contributed by atoms with Crippen molar-refractivity contribution in [3.63, 3.8) is 0 Å². The Balaban J connectivity index is 1.82. The molecular weight excluding hydrogens is 324 g/mol. The topological polar surface area (TPSA) is 63.6 Å². The van der Waals surface area contributed by atoms with Gasteiger partial charge in [0.05, 0.1) is 11.9 Å². The van der Waals surface area contributed by atoms with Gasteiger partial charge in [-0.2, -0.15) is 0 Å². The van der Waals surface area contributed by atoms with Crippen molar-refractivity contribution in [1.82, 2.24) is 0 Å². The Kier molecular flexibility index (Phi) is 6.82. The van der Waals surface area contributed by atoms with Crippen LogP contribution in [0.2, 0.25) is 0 Å². The fourth-order valence-electron chi connectivity index (χ4n) is 2.33. The van der Waals surface area contributed by atoms with Gasteiger partial charge in [0.1, 0.15) is 22.2 Å². The van der Waals surface area contributed by atoms with Crippen LogP contribution in [-0.2, 0) is 16.4 Å². The van der Waals surface area contributed by atoms with Gasteiger partial charge >= 0.3 is 0 Å². The summed E-state index contributed by atoms with van der Waals surface area (Å²) >= 11 is 0. The Hall–Kier alpha value is -1.85. The first kappa shape index (κ1) is 18.5. The van der Waals surface area contributed by atoms with Crippen LogP contribution in [0.3, 0.4) is 0 Å². The van der Waals surface area contributed by atoms with E-state index in [-0.39, 0.29) is 11.5 Å². The van der Waals surface area contributed by atoms with Crippen molar-refractivity contribution in [1.29, 1.82) is 0 Å². The van der Waals surface area contributed by atoms with Crippen LogP contribution in [0.1, 0.15) is 37.0 Å². The summed E-state index contributed by atoms with van der Waals surface area (Å²) in [7, 11) is -2.97. The normalized spacial score (nSPS) is 12.8. The molecule has 0 saturated carbocycles. The molecule has 24 heavy (non-hydrogen) atoms. The lowest BCUT2D eigenvalue weighted by Crippen LogP contribution is -2.10. The molecule has 1 atom stereocenters. The number of benzene rings is 2. The summed E-state index contributed by atoms with van der Waals surface area (Å²) in [5, 5.41) is 10.2. The van der Waals surface area contributed by atoms with Crippen LogP contribution in [0, 0.1) is 0 Å². The predicted octanol–water partition coefficient (Wildman–Crippen LogP) is 3.51. The molecule has 2 aromatic rings. The van der Waals surface area contributed by atoms with Crippen molar-refractivity contribution < 1.29 is 18.3 Å². The molecule has 130 valence electrons. The fourth-order valence-corrected chi connectivity index (χ4v) is 3.23. The smallest absolute Gasteiger partial charge is 0.150 e. The summed E-state index contributed by atoms with van der Waals surface area (Å²) in [6.07, 6.45) is 0.243. The zero-order valence-corrected chi connectivity index (χ0v) is 14.7. The summed E-state index contributed by atoms with van der Waals surface area (Å²) in [5.74, 6) is 1.01. The molecule has 0 aliphatic carbocycles. The molecule has 0 spiro atoms. The van der Waals surface area contributed by atoms with Crippen molar-refractivity contribution in [2.75, 3.05) is 11.5 Å². The van der Waals surface area contributed by atoms with E-state index >= 15 is 0 Å². The lowest BCUT2D eigenvalue weighted by molar-refractivity contribution is 0.166. The summed E-state index contributed by atoms with van der Waals surface area (Å²) in [6.45, 7) is 2.14. The van der Waals surface area contributed by atoms with Crippen LogP contribution in [0.15, 0.2) is 54.6 Å². The van der Waals surface area contributed by atoms with Crippen LogP contribution in [-0.4, -0.2) is 25.0 Å². The van der Waals surface area contributed by atoms with Crippen LogP contribution in [0.4, 0.5) is 0 Å². The van der Waals surface area contributed by atoms with E-state index in [1.165, 1.54) is 0 Å². The largest absolute Gasteiger partial charge is 0.489 e. The SMILES string of the molecule is CCS(=O)(=O)CCCC(O)c1ccc(OCc2ccccc2)cc1. The van der Waals surface area contributed by atoms with E-state index in [4.69, 9.17) is 4.74 Å². The molecule has 0 bridgehead atoms. The quantitative estimate of drug-likeness (QED) is 0.753. The molecule has 1 N–H and O–H groups in total. The summed E-state index contributed by atoms with van der Waals surface area (Å²) in [4.78, 5) is 0. The van der Waals surface area contributed by atoms with Crippen molar-refractivity contribution in [3.05, 3.63) is 65.7 Å². The highest BCUT2D eigenvalue weighted by atomic mass is 32.2. The molecule has 0 aromatic heterocycles. The zero-order valence-electron chi connectivity index (χ0n) is 13.9. The van der Waals surface area contributed by atoms with Gasteiger partial charge in [-0.25, -0.2) is 8.42 Å². The maximum atomic E-state index is 11.5. The van der Waals surface area contributed by atoms with Crippen molar-refractivity contribution >= 4 is 9.84 Å². The Morgan fingerprint density at radius 1 is 1.04 bits per heavy atom. The maximum absolute atomic E-state index is 11.5. The van der Waals surface area contributed by atoms with E-state index in [9.17, 15) is 13.5 Å². The summed E-state index contributed by atoms with van der Waals surface area (Å²) in [5.41, 5.74) is 1.87. The second-order valence-electron chi connectivity index (χ2n) is 5.74. The highest BCUT2D eigenvalue weighted by molar-refractivity contribution is 7.91. The van der Waals surface area contributed by atoms with E-state index in [0.717, 1.165) is 16.9 Å². The van der Waals surface area contributed by atoms with Crippen molar-refractivity contribution in [2.24, 2.45) is 0 Å². The Labute approximate surface area is 144 Å². The second-order valence-corrected chi connectivity index (χ2v) is 8.21. The van der Waals surface area contributed by atoms with Gasteiger partial charge in [0, 0.05) is 5.75 Å². The van der Waals surface area contributed by atoms with Gasteiger partial charge in [-0.15, -0.1) is 0 Å². The number of rotatable bonds is 9. The predicted molar refractivity (Wildman–Crippen MR) is 95.7 cm³/mol. The van der Waals surface area contributed by atoms with Crippen LogP contribution >= 0.6 is 0 Å². The van der Waals surface area contributed by atoms with Crippen LogP contribution < -0.4 is 4.74 Å². The highest BCUT2D eigenvalue weighted by Gasteiger charge is 2.11. The zero-order chi connectivity index (χ0) is 17.4. The highest BCUT2D eigenvalue weighted by Crippen LogP contribution is 2.22. The molecule has 1 unspecified atom stereocenters. The minimum absolute atomic E-state index is 0.124. The summed E-state index contributed by atoms with van der Waals surface area (Å²) in [6, 6.07) is 17.2. The third-order valence-corrected chi connectivity index (χ3v) is 5.68. The Morgan fingerprint density at radius 3 is 2.33 bits per heavy atom. The lowest BCUT2D eigenvalue weighted by Gasteiger charge is -2.12. The average Bonchev–Trinajstić information content (AvgIpc) is 2.61. The number of hydrogen-bond donors (Lipinski definition) is 1. The third kappa shape index (κ3) is 5.98. The fraction of sp³-hybridized carbons (Fsp3) is 0.368. The van der Waals surface area contributed by atoms with Gasteiger partial charge < -0.3 is 9.84 Å². The maximum Gasteiger partial charge on any atom is 0.150 e. The second kappa shape index (κ2) is 8.85. The van der Waals surface area contributed by atoms with E-state index in [1.807, 2.05) is 54.6 Å². The minimum atomic E-state index is -2.97. The first-order valence-corrected chi connectivity index (χ1v) is 9.97. The Bertz CT molecular complexity index is 709. The molecule has 4 nitrogen and oxygen atoms in total. The molecule has 0 aliphatic heterocycles. The molecular formula is C19H24O4S. The standard InChI is InChI=1S/C19H24O4S/c1-2-24(21,22)14-6-9-19(20)17-10-12-18(13-11-17)23-15-16-7-4-3-5-8-16/h3-5,7-8,10-13,19-20H,2,6,9,14-15H2,1H3. The molecule has 0 saturated heterocycles. The van der Waals surface area contributed by atoms with Crippen molar-refractivity contribution in [2.45, 2.75) is 32.5 Å². The van der Waals surface area contributed by atoms with E-state index in [0.29, 0.717) is 19.4 Å². The number of sulfone groups is 1. The van der Waals surface area contributed by atoms with E-state index in [1.54, 1.807) is 6.92 Å². The molecule has 0 aliphatic rings. The monoisotopic (exact) mass is 348 g/mol. The van der Waals surface area contributed by atoms with Crippen molar-refractivity contribution in [3.8, 4) is 5.75 Å². The van der Waals surface area contributed by atoms with Gasteiger partial charge in [-0.1, -0.05) is 49.4 Å². The van der Waals surface area contributed by atoms with Gasteiger partial charge in [0.2, 0.25) is 0 Å². The van der Waals surface area contributed by atoms with Gasteiger partial charge in [0.15, 0.2) is 0 Å². The molecule has 0 fully saturated rings. The Morgan fingerprint density at radius 2 is 1.71 bits per heavy atom. The van der Waals surface area contributed by atoms with Gasteiger partial charge in [-0.05, 0) is 36.1 Å². The number of ether oxygens (including phenoxy) is 1. The molecule has 0 heterocycles. The molecule has 2 aromatic carbocycles. The van der Waals surface area contributed by atoms with Crippen LogP contribution in [0.25, 0.3) is 0 Å². The molecule has 0 amide bonds. The van der Waals surface area contributed by atoms with Gasteiger partial charge in [0.25, 0.3) is 0 Å². The van der Waals surface area contributed by atoms with E-state index < -0.39 is 15.9 Å². The first-order chi connectivity index (χ1) is 11.5. The van der Waals surface area contributed by atoms with Crippen LogP contribution in [0.5, 0.6) is 5.75 Å².